The number of nitro groups is 1. The van der Waals surface area contributed by atoms with Crippen LogP contribution < -0.4 is 11.1 Å². The van der Waals surface area contributed by atoms with Crippen LogP contribution in [0.3, 0.4) is 0 Å². The molecule has 2 aromatic rings. The van der Waals surface area contributed by atoms with Crippen LogP contribution in [-0.4, -0.2) is 11.0 Å². The van der Waals surface area contributed by atoms with Crippen molar-refractivity contribution in [1.82, 2.24) is 0 Å². The van der Waals surface area contributed by atoms with Gasteiger partial charge in [-0.25, -0.2) is 0 Å². The summed E-state index contributed by atoms with van der Waals surface area (Å²) >= 11 is 0. The van der Waals surface area contributed by atoms with Crippen molar-refractivity contribution >= 4 is 17.1 Å². The van der Waals surface area contributed by atoms with E-state index < -0.39 is 4.92 Å². The van der Waals surface area contributed by atoms with Crippen LogP contribution in [0.2, 0.25) is 0 Å². The van der Waals surface area contributed by atoms with E-state index in [9.17, 15) is 10.1 Å². The Morgan fingerprint density at radius 1 is 1.47 bits per heavy atom. The van der Waals surface area contributed by atoms with E-state index in [1.165, 1.54) is 6.07 Å². The van der Waals surface area contributed by atoms with Crippen molar-refractivity contribution in [2.45, 2.75) is 19.4 Å². The first-order valence-corrected chi connectivity index (χ1v) is 5.89. The summed E-state index contributed by atoms with van der Waals surface area (Å²) < 4.78 is 5.26. The van der Waals surface area contributed by atoms with Gasteiger partial charge in [0.1, 0.15) is 11.4 Å². The molecular weight excluding hydrogens is 246 g/mol. The van der Waals surface area contributed by atoms with Crippen LogP contribution in [0.5, 0.6) is 0 Å². The van der Waals surface area contributed by atoms with Gasteiger partial charge in [-0.05, 0) is 31.2 Å². The van der Waals surface area contributed by atoms with Crippen LogP contribution in [0.1, 0.15) is 12.7 Å². The number of hydrogen-bond acceptors (Lipinski definition) is 5. The summed E-state index contributed by atoms with van der Waals surface area (Å²) in [5.74, 6) is 0.884. The quantitative estimate of drug-likeness (QED) is 0.490. The lowest BCUT2D eigenvalue weighted by Crippen LogP contribution is -2.17. The van der Waals surface area contributed by atoms with Crippen LogP contribution in [0.15, 0.2) is 41.0 Å². The van der Waals surface area contributed by atoms with Crippen molar-refractivity contribution in [3.05, 3.63) is 52.5 Å². The molecule has 0 aliphatic heterocycles. The summed E-state index contributed by atoms with van der Waals surface area (Å²) in [6.07, 6.45) is 2.36. The van der Waals surface area contributed by atoms with Gasteiger partial charge < -0.3 is 15.5 Å². The van der Waals surface area contributed by atoms with E-state index in [2.05, 4.69) is 5.32 Å². The second-order valence-corrected chi connectivity index (χ2v) is 4.36. The molecule has 6 nitrogen and oxygen atoms in total. The fourth-order valence-electron chi connectivity index (χ4n) is 1.88. The molecule has 3 N–H and O–H groups in total. The van der Waals surface area contributed by atoms with Gasteiger partial charge in [0.15, 0.2) is 0 Å². The van der Waals surface area contributed by atoms with E-state index in [0.717, 1.165) is 17.9 Å². The summed E-state index contributed by atoms with van der Waals surface area (Å²) in [4.78, 5) is 10.2. The molecular formula is C13H15N3O3. The molecule has 0 bridgehead atoms. The molecule has 6 heteroatoms. The number of nitrogen functional groups attached to an aromatic ring is 1. The van der Waals surface area contributed by atoms with Crippen molar-refractivity contribution in [3.8, 4) is 0 Å². The molecule has 1 atom stereocenters. The minimum atomic E-state index is -0.495. The highest BCUT2D eigenvalue weighted by Crippen LogP contribution is 2.25. The Morgan fingerprint density at radius 3 is 2.84 bits per heavy atom. The van der Waals surface area contributed by atoms with Crippen LogP contribution in [0, 0.1) is 10.1 Å². The number of furan rings is 1. The first kappa shape index (κ1) is 12.9. The summed E-state index contributed by atoms with van der Waals surface area (Å²) in [6, 6.07) is 8.49. The van der Waals surface area contributed by atoms with Gasteiger partial charge >= 0.3 is 0 Å². The van der Waals surface area contributed by atoms with Crippen LogP contribution >= 0.6 is 0 Å². The van der Waals surface area contributed by atoms with Crippen molar-refractivity contribution in [2.75, 3.05) is 11.1 Å². The Kier molecular flexibility index (Phi) is 3.70. The maximum absolute atomic E-state index is 10.7. The van der Waals surface area contributed by atoms with Gasteiger partial charge in [0.05, 0.1) is 11.2 Å². The lowest BCUT2D eigenvalue weighted by atomic mass is 10.1. The smallest absolute Gasteiger partial charge is 0.292 e. The van der Waals surface area contributed by atoms with Crippen LogP contribution in [0.25, 0.3) is 0 Å². The molecule has 0 aliphatic rings. The van der Waals surface area contributed by atoms with E-state index in [4.69, 9.17) is 10.2 Å². The highest BCUT2D eigenvalue weighted by atomic mass is 16.6. The van der Waals surface area contributed by atoms with E-state index in [1.54, 1.807) is 18.4 Å². The Morgan fingerprint density at radius 2 is 2.26 bits per heavy atom. The lowest BCUT2D eigenvalue weighted by molar-refractivity contribution is -0.383. The Balaban J connectivity index is 2.03. The highest BCUT2D eigenvalue weighted by molar-refractivity contribution is 5.66. The van der Waals surface area contributed by atoms with Gasteiger partial charge in [-0.1, -0.05) is 0 Å². The third kappa shape index (κ3) is 3.25. The predicted octanol–water partition coefficient (Wildman–Crippen LogP) is 2.81. The lowest BCUT2D eigenvalue weighted by Gasteiger charge is -2.14. The molecule has 1 unspecified atom stereocenters. The molecule has 0 saturated carbocycles. The molecule has 0 radical (unpaired) electrons. The number of nitrogens with zero attached hydrogens (tertiary/aromatic N) is 1. The van der Waals surface area contributed by atoms with Gasteiger partial charge in [0.2, 0.25) is 0 Å². The summed E-state index contributed by atoms with van der Waals surface area (Å²) in [6.45, 7) is 2.00. The minimum Gasteiger partial charge on any atom is -0.469 e. The summed E-state index contributed by atoms with van der Waals surface area (Å²) in [5, 5.41) is 13.9. The molecule has 100 valence electrons. The van der Waals surface area contributed by atoms with Gasteiger partial charge in [-0.3, -0.25) is 10.1 Å². The average Bonchev–Trinajstić information content (AvgIpc) is 2.81. The van der Waals surface area contributed by atoms with Gasteiger partial charge in [0, 0.05) is 24.2 Å². The Bertz CT molecular complexity index is 567. The second-order valence-electron chi connectivity index (χ2n) is 4.36. The molecule has 2 rings (SSSR count). The zero-order chi connectivity index (χ0) is 13.8. The SMILES string of the molecule is CC(Cc1ccco1)Nc1ccc([N+](=O)[O-])c(N)c1. The molecule has 0 spiro atoms. The van der Waals surface area contributed by atoms with Crippen LogP contribution in [0.4, 0.5) is 17.1 Å². The van der Waals surface area contributed by atoms with Crippen molar-refractivity contribution in [3.63, 3.8) is 0 Å². The standard InChI is InChI=1S/C13H15N3O3/c1-9(7-11-3-2-6-19-11)15-10-4-5-13(16(17)18)12(14)8-10/h2-6,8-9,15H,7,14H2,1H3. The van der Waals surface area contributed by atoms with Crippen molar-refractivity contribution in [2.24, 2.45) is 0 Å². The third-order valence-electron chi connectivity index (χ3n) is 2.72. The first-order chi connectivity index (χ1) is 9.06. The number of rotatable bonds is 5. The number of nitrogens with one attached hydrogen (secondary N) is 1. The number of nitro benzene ring substituents is 1. The summed E-state index contributed by atoms with van der Waals surface area (Å²) in [5.41, 5.74) is 6.46. The molecule has 19 heavy (non-hydrogen) atoms. The molecule has 0 fully saturated rings. The van der Waals surface area contributed by atoms with E-state index in [0.29, 0.717) is 0 Å². The van der Waals surface area contributed by atoms with E-state index in [1.807, 2.05) is 19.1 Å². The molecule has 0 saturated heterocycles. The molecule has 0 aliphatic carbocycles. The number of nitrogens with two attached hydrogens (primary N) is 1. The average molecular weight is 261 g/mol. The van der Waals surface area contributed by atoms with Gasteiger partial charge in [-0.2, -0.15) is 0 Å². The molecule has 1 heterocycles. The first-order valence-electron chi connectivity index (χ1n) is 5.89. The number of hydrogen-bond donors (Lipinski definition) is 2. The fraction of sp³-hybridized carbons (Fsp3) is 0.231. The molecule has 0 amide bonds. The highest BCUT2D eigenvalue weighted by Gasteiger charge is 2.12. The zero-order valence-corrected chi connectivity index (χ0v) is 10.5. The van der Waals surface area contributed by atoms with Crippen LogP contribution in [-0.2, 0) is 6.42 Å². The zero-order valence-electron chi connectivity index (χ0n) is 10.5. The largest absolute Gasteiger partial charge is 0.469 e. The normalized spacial score (nSPS) is 12.1. The number of anilines is 2. The van der Waals surface area contributed by atoms with E-state index >= 15 is 0 Å². The summed E-state index contributed by atoms with van der Waals surface area (Å²) in [7, 11) is 0. The molecule has 1 aromatic heterocycles. The Labute approximate surface area is 110 Å². The maximum Gasteiger partial charge on any atom is 0.292 e. The van der Waals surface area contributed by atoms with Gasteiger partial charge in [0.25, 0.3) is 5.69 Å². The maximum atomic E-state index is 10.7. The monoisotopic (exact) mass is 261 g/mol. The second kappa shape index (κ2) is 5.43. The Hall–Kier alpha value is -2.50. The minimum absolute atomic E-state index is 0.0794. The van der Waals surface area contributed by atoms with Crippen molar-refractivity contribution < 1.29 is 9.34 Å². The molecule has 1 aromatic carbocycles. The topological polar surface area (TPSA) is 94.3 Å². The van der Waals surface area contributed by atoms with Crippen molar-refractivity contribution in [1.29, 1.82) is 0 Å². The van der Waals surface area contributed by atoms with Gasteiger partial charge in [-0.15, -0.1) is 0 Å². The third-order valence-corrected chi connectivity index (χ3v) is 2.72. The predicted molar refractivity (Wildman–Crippen MR) is 73.0 cm³/mol. The van der Waals surface area contributed by atoms with E-state index in [-0.39, 0.29) is 17.4 Å². The fourth-order valence-corrected chi connectivity index (χ4v) is 1.88. The number of benzene rings is 1.